The molecule has 2 aromatic carbocycles. The molecule has 0 unspecified atom stereocenters. The van der Waals surface area contributed by atoms with Crippen LogP contribution < -0.4 is 10.1 Å². The summed E-state index contributed by atoms with van der Waals surface area (Å²) in [5, 5.41) is 2.89. The summed E-state index contributed by atoms with van der Waals surface area (Å²) in [5.41, 5.74) is 1.27. The molecule has 0 radical (unpaired) electrons. The van der Waals surface area contributed by atoms with Crippen molar-refractivity contribution in [2.24, 2.45) is 0 Å². The molecule has 2 aromatic rings. The van der Waals surface area contributed by atoms with Gasteiger partial charge in [0.2, 0.25) is 0 Å². The van der Waals surface area contributed by atoms with Crippen molar-refractivity contribution in [3.63, 3.8) is 0 Å². The second-order valence-electron chi connectivity index (χ2n) is 4.28. The maximum atomic E-state index is 12.4. The van der Waals surface area contributed by atoms with Gasteiger partial charge in [0.25, 0.3) is 5.91 Å². The number of ether oxygens (including phenoxy) is 1. The van der Waals surface area contributed by atoms with Crippen molar-refractivity contribution in [1.82, 2.24) is 0 Å². The molecule has 1 aliphatic heterocycles. The first-order valence-corrected chi connectivity index (χ1v) is 7.23. The van der Waals surface area contributed by atoms with Crippen molar-refractivity contribution in [2.75, 3.05) is 11.1 Å². The molecule has 3 nitrogen and oxygen atoms in total. The first-order valence-electron chi connectivity index (χ1n) is 6.24. The summed E-state index contributed by atoms with van der Waals surface area (Å²) >= 11 is 1.57. The zero-order valence-electron chi connectivity index (χ0n) is 10.8. The predicted octanol–water partition coefficient (Wildman–Crippen LogP) is 4.32. The summed E-state index contributed by atoms with van der Waals surface area (Å²) < 4.78 is 5.87. The van der Waals surface area contributed by atoms with E-state index in [2.05, 4.69) is 11.9 Å². The van der Waals surface area contributed by atoms with Gasteiger partial charge in [-0.1, -0.05) is 24.3 Å². The molecular formula is C16H13NO2S. The Morgan fingerprint density at radius 1 is 1.15 bits per heavy atom. The highest BCUT2D eigenvalue weighted by molar-refractivity contribution is 7.99. The highest BCUT2D eigenvalue weighted by Crippen LogP contribution is 2.39. The Bertz CT molecular complexity index is 682. The van der Waals surface area contributed by atoms with Crippen LogP contribution in [0.5, 0.6) is 11.5 Å². The Balaban J connectivity index is 2.08. The molecule has 3 rings (SSSR count). The van der Waals surface area contributed by atoms with Crippen molar-refractivity contribution >= 4 is 23.4 Å². The van der Waals surface area contributed by atoms with Gasteiger partial charge in [-0.2, -0.15) is 0 Å². The summed E-state index contributed by atoms with van der Waals surface area (Å²) in [5.74, 6) is 1.85. The van der Waals surface area contributed by atoms with E-state index < -0.39 is 0 Å². The van der Waals surface area contributed by atoms with E-state index in [0.717, 1.165) is 10.6 Å². The molecule has 4 heteroatoms. The SMILES string of the molecule is C=CCSc1cccc2c1C(=O)Nc1ccccc1O2. The first kappa shape index (κ1) is 12.8. The minimum atomic E-state index is -0.142. The molecule has 1 heterocycles. The molecule has 0 aromatic heterocycles. The van der Waals surface area contributed by atoms with Crippen molar-refractivity contribution in [3.8, 4) is 11.5 Å². The number of amides is 1. The molecular weight excluding hydrogens is 270 g/mol. The Kier molecular flexibility index (Phi) is 3.48. The van der Waals surface area contributed by atoms with Gasteiger partial charge in [0, 0.05) is 10.6 Å². The molecule has 0 atom stereocenters. The lowest BCUT2D eigenvalue weighted by atomic mass is 10.2. The summed E-state index contributed by atoms with van der Waals surface area (Å²) in [6, 6.07) is 13.1. The van der Waals surface area contributed by atoms with Gasteiger partial charge in [0.1, 0.15) is 5.75 Å². The number of nitrogens with one attached hydrogen (secondary N) is 1. The zero-order chi connectivity index (χ0) is 13.9. The van der Waals surface area contributed by atoms with Crippen molar-refractivity contribution in [1.29, 1.82) is 0 Å². The average molecular weight is 283 g/mol. The number of carbonyl (C=O) groups excluding carboxylic acids is 1. The zero-order valence-corrected chi connectivity index (χ0v) is 11.6. The van der Waals surface area contributed by atoms with Gasteiger partial charge in [0.15, 0.2) is 5.75 Å². The minimum Gasteiger partial charge on any atom is -0.454 e. The van der Waals surface area contributed by atoms with Gasteiger partial charge >= 0.3 is 0 Å². The summed E-state index contributed by atoms with van der Waals surface area (Å²) in [4.78, 5) is 13.3. The van der Waals surface area contributed by atoms with Crippen LogP contribution in [0.4, 0.5) is 5.69 Å². The largest absolute Gasteiger partial charge is 0.454 e. The monoisotopic (exact) mass is 283 g/mol. The highest BCUT2D eigenvalue weighted by Gasteiger charge is 2.23. The van der Waals surface area contributed by atoms with E-state index in [4.69, 9.17) is 4.74 Å². The van der Waals surface area contributed by atoms with Gasteiger partial charge in [-0.25, -0.2) is 0 Å². The van der Waals surface area contributed by atoms with Crippen LogP contribution in [0.2, 0.25) is 0 Å². The second kappa shape index (κ2) is 5.43. The van der Waals surface area contributed by atoms with Crippen LogP contribution in [0.1, 0.15) is 10.4 Å². The number of fused-ring (bicyclic) bond motifs is 2. The van der Waals surface area contributed by atoms with E-state index in [1.807, 2.05) is 48.5 Å². The number of rotatable bonds is 3. The molecule has 0 spiro atoms. The molecule has 0 saturated heterocycles. The minimum absolute atomic E-state index is 0.142. The molecule has 1 aliphatic rings. The first-order chi connectivity index (χ1) is 9.79. The van der Waals surface area contributed by atoms with Gasteiger partial charge in [-0.05, 0) is 24.3 Å². The Labute approximate surface area is 121 Å². The predicted molar refractivity (Wildman–Crippen MR) is 81.8 cm³/mol. The highest BCUT2D eigenvalue weighted by atomic mass is 32.2. The molecule has 1 N–H and O–H groups in total. The Morgan fingerprint density at radius 2 is 1.95 bits per heavy atom. The molecule has 20 heavy (non-hydrogen) atoms. The third-order valence-corrected chi connectivity index (χ3v) is 3.98. The second-order valence-corrected chi connectivity index (χ2v) is 5.34. The summed E-state index contributed by atoms with van der Waals surface area (Å²) in [6.45, 7) is 3.71. The van der Waals surface area contributed by atoms with E-state index in [1.54, 1.807) is 11.8 Å². The average Bonchev–Trinajstić information content (AvgIpc) is 2.61. The van der Waals surface area contributed by atoms with E-state index in [0.29, 0.717) is 22.7 Å². The van der Waals surface area contributed by atoms with Crippen molar-refractivity contribution in [2.45, 2.75) is 4.90 Å². The fourth-order valence-corrected chi connectivity index (χ4v) is 2.86. The molecule has 100 valence electrons. The maximum Gasteiger partial charge on any atom is 0.260 e. The van der Waals surface area contributed by atoms with Crippen LogP contribution in [-0.2, 0) is 0 Å². The van der Waals surface area contributed by atoms with Crippen LogP contribution in [0, 0.1) is 0 Å². The number of carbonyl (C=O) groups is 1. The number of hydrogen-bond acceptors (Lipinski definition) is 3. The van der Waals surface area contributed by atoms with Gasteiger partial charge in [0.05, 0.1) is 11.3 Å². The number of anilines is 1. The number of para-hydroxylation sites is 2. The van der Waals surface area contributed by atoms with Gasteiger partial charge in [-0.15, -0.1) is 18.3 Å². The fraction of sp³-hybridized carbons (Fsp3) is 0.0625. The Hall–Kier alpha value is -2.20. The molecule has 0 bridgehead atoms. The van der Waals surface area contributed by atoms with E-state index in [1.165, 1.54) is 0 Å². The van der Waals surface area contributed by atoms with Crippen LogP contribution in [-0.4, -0.2) is 11.7 Å². The lowest BCUT2D eigenvalue weighted by Gasteiger charge is -2.09. The summed E-state index contributed by atoms with van der Waals surface area (Å²) in [7, 11) is 0. The topological polar surface area (TPSA) is 38.3 Å². The third kappa shape index (κ3) is 2.30. The van der Waals surface area contributed by atoms with Gasteiger partial charge in [-0.3, -0.25) is 4.79 Å². The van der Waals surface area contributed by atoms with E-state index in [9.17, 15) is 4.79 Å². The summed E-state index contributed by atoms with van der Waals surface area (Å²) in [6.07, 6.45) is 1.81. The lowest BCUT2D eigenvalue weighted by Crippen LogP contribution is -2.11. The normalized spacial score (nSPS) is 12.5. The smallest absolute Gasteiger partial charge is 0.260 e. The number of thioether (sulfide) groups is 1. The lowest BCUT2D eigenvalue weighted by molar-refractivity contribution is 0.102. The number of benzene rings is 2. The van der Waals surface area contributed by atoms with Crippen molar-refractivity contribution in [3.05, 3.63) is 60.7 Å². The van der Waals surface area contributed by atoms with Crippen LogP contribution in [0.15, 0.2) is 60.0 Å². The number of hydrogen-bond donors (Lipinski definition) is 1. The van der Waals surface area contributed by atoms with Crippen molar-refractivity contribution < 1.29 is 9.53 Å². The maximum absolute atomic E-state index is 12.4. The molecule has 0 aliphatic carbocycles. The third-order valence-electron chi connectivity index (χ3n) is 2.93. The van der Waals surface area contributed by atoms with Crippen LogP contribution in [0.25, 0.3) is 0 Å². The molecule has 0 saturated carbocycles. The quantitative estimate of drug-likeness (QED) is 0.673. The van der Waals surface area contributed by atoms with Gasteiger partial charge < -0.3 is 10.1 Å². The molecule has 1 amide bonds. The van der Waals surface area contributed by atoms with E-state index in [-0.39, 0.29) is 5.91 Å². The van der Waals surface area contributed by atoms with Crippen LogP contribution in [0.3, 0.4) is 0 Å². The molecule has 0 fully saturated rings. The standard InChI is InChI=1S/C16H13NO2S/c1-2-10-20-14-9-5-8-13-15(14)16(18)17-11-6-3-4-7-12(11)19-13/h2-9H,1,10H2,(H,17,18). The van der Waals surface area contributed by atoms with Crippen LogP contribution >= 0.6 is 11.8 Å². The van der Waals surface area contributed by atoms with E-state index >= 15 is 0 Å². The Morgan fingerprint density at radius 3 is 2.80 bits per heavy atom. The fourth-order valence-electron chi connectivity index (χ4n) is 2.05.